The highest BCUT2D eigenvalue weighted by Crippen LogP contribution is 2.39. The van der Waals surface area contributed by atoms with E-state index in [1.165, 1.54) is 42.1 Å². The second-order valence-electron chi connectivity index (χ2n) is 9.65. The Labute approximate surface area is 206 Å². The fraction of sp³-hybridized carbons (Fsp3) is 0.267. The number of hydrogen-bond acceptors (Lipinski definition) is 3. The van der Waals surface area contributed by atoms with Crippen molar-refractivity contribution in [1.82, 2.24) is 0 Å². The molecule has 34 heavy (non-hydrogen) atoms. The minimum Gasteiger partial charge on any atom is -0.399 e. The Bertz CT molecular complexity index is 1480. The van der Waals surface area contributed by atoms with E-state index in [-0.39, 0.29) is 18.3 Å². The number of thiophene rings is 1. The van der Waals surface area contributed by atoms with E-state index in [9.17, 15) is 0 Å². The van der Waals surface area contributed by atoms with E-state index in [2.05, 4.69) is 107 Å². The zero-order chi connectivity index (χ0) is 24.1. The van der Waals surface area contributed by atoms with Crippen molar-refractivity contribution in [1.29, 1.82) is 0 Å². The summed E-state index contributed by atoms with van der Waals surface area (Å²) in [4.78, 5) is 0. The van der Waals surface area contributed by atoms with Crippen LogP contribution in [-0.4, -0.2) is 18.3 Å². The molecule has 0 N–H and O–H groups in total. The van der Waals surface area contributed by atoms with Gasteiger partial charge in [0, 0.05) is 20.2 Å². The van der Waals surface area contributed by atoms with Crippen LogP contribution in [-0.2, 0) is 9.31 Å². The third-order valence-corrected chi connectivity index (χ3v) is 8.29. The molecule has 0 bridgehead atoms. The van der Waals surface area contributed by atoms with E-state index >= 15 is 0 Å². The number of benzene rings is 4. The molecule has 6 rings (SSSR count). The first-order chi connectivity index (χ1) is 16.3. The highest BCUT2D eigenvalue weighted by molar-refractivity contribution is 7.25. The third kappa shape index (κ3) is 3.65. The van der Waals surface area contributed by atoms with Crippen molar-refractivity contribution in [3.8, 4) is 11.1 Å². The van der Waals surface area contributed by atoms with Crippen molar-refractivity contribution in [2.75, 3.05) is 0 Å². The lowest BCUT2D eigenvalue weighted by molar-refractivity contribution is 0.00578. The van der Waals surface area contributed by atoms with Crippen molar-refractivity contribution >= 4 is 54.9 Å². The number of rotatable bonds is 2. The monoisotopic (exact) mass is 466 g/mol. The van der Waals surface area contributed by atoms with Gasteiger partial charge in [-0.2, -0.15) is 0 Å². The molecule has 1 fully saturated rings. The van der Waals surface area contributed by atoms with Crippen LogP contribution in [0.15, 0.2) is 78.9 Å². The number of hydrogen-bond donors (Lipinski definition) is 0. The molecule has 1 aliphatic heterocycles. The van der Waals surface area contributed by atoms with Gasteiger partial charge in [0.2, 0.25) is 0 Å². The van der Waals surface area contributed by atoms with Crippen molar-refractivity contribution in [2.24, 2.45) is 0 Å². The maximum Gasteiger partial charge on any atom is 0.495 e. The molecule has 0 spiro atoms. The summed E-state index contributed by atoms with van der Waals surface area (Å²) in [5.41, 5.74) is 2.85. The molecule has 0 radical (unpaired) electrons. The lowest BCUT2D eigenvalue weighted by Gasteiger charge is -2.32. The van der Waals surface area contributed by atoms with Crippen molar-refractivity contribution in [3.05, 3.63) is 78.9 Å². The molecule has 172 valence electrons. The van der Waals surface area contributed by atoms with Crippen molar-refractivity contribution < 1.29 is 9.31 Å². The van der Waals surface area contributed by atoms with E-state index in [0.29, 0.717) is 0 Å². The van der Waals surface area contributed by atoms with Crippen LogP contribution in [0, 0.1) is 0 Å². The lowest BCUT2D eigenvalue weighted by Crippen LogP contribution is -2.41. The first kappa shape index (κ1) is 23.1. The van der Waals surface area contributed by atoms with Crippen LogP contribution >= 0.6 is 11.3 Å². The summed E-state index contributed by atoms with van der Waals surface area (Å²) >= 11 is 1.86. The fourth-order valence-electron chi connectivity index (χ4n) is 4.66. The molecule has 0 amide bonds. The molecule has 1 saturated heterocycles. The minimum absolute atomic E-state index is 0.357. The fourth-order valence-corrected chi connectivity index (χ4v) is 5.80. The zero-order valence-electron chi connectivity index (χ0n) is 20.8. The summed E-state index contributed by atoms with van der Waals surface area (Å²) in [5.74, 6) is 0. The van der Waals surface area contributed by atoms with Gasteiger partial charge in [-0.15, -0.1) is 11.3 Å². The molecule has 1 aromatic heterocycles. The van der Waals surface area contributed by atoms with Crippen LogP contribution in [0.2, 0.25) is 0 Å². The van der Waals surface area contributed by atoms with Crippen molar-refractivity contribution in [2.45, 2.75) is 52.7 Å². The molecule has 2 heterocycles. The van der Waals surface area contributed by atoms with Gasteiger partial charge in [-0.25, -0.2) is 0 Å². The summed E-state index contributed by atoms with van der Waals surface area (Å²) in [6, 6.07) is 28.5. The lowest BCUT2D eigenvalue weighted by atomic mass is 9.75. The SMILES string of the molecule is CC.CC1(C)OB(c2cccc3c(-c4ccc5c(c4)sc4ccccc45)cccc23)OC1(C)C. The summed E-state index contributed by atoms with van der Waals surface area (Å²) < 4.78 is 15.4. The van der Waals surface area contributed by atoms with E-state index in [4.69, 9.17) is 9.31 Å². The van der Waals surface area contributed by atoms with Crippen LogP contribution < -0.4 is 5.46 Å². The van der Waals surface area contributed by atoms with Crippen LogP contribution in [0.5, 0.6) is 0 Å². The van der Waals surface area contributed by atoms with Gasteiger partial charge in [0.1, 0.15) is 0 Å². The molecule has 2 nitrogen and oxygen atoms in total. The van der Waals surface area contributed by atoms with Gasteiger partial charge < -0.3 is 9.31 Å². The maximum absolute atomic E-state index is 6.37. The Morgan fingerprint density at radius 3 is 2.00 bits per heavy atom. The van der Waals surface area contributed by atoms with E-state index < -0.39 is 0 Å². The van der Waals surface area contributed by atoms with Gasteiger partial charge in [0.25, 0.3) is 0 Å². The van der Waals surface area contributed by atoms with Crippen LogP contribution in [0.3, 0.4) is 0 Å². The van der Waals surface area contributed by atoms with E-state index in [0.717, 1.165) is 5.46 Å². The van der Waals surface area contributed by atoms with Gasteiger partial charge in [0.05, 0.1) is 11.2 Å². The Balaban J connectivity index is 0.00000117. The van der Waals surface area contributed by atoms with Gasteiger partial charge in [-0.3, -0.25) is 0 Å². The van der Waals surface area contributed by atoms with Crippen LogP contribution in [0.4, 0.5) is 0 Å². The molecule has 0 unspecified atom stereocenters. The quantitative estimate of drug-likeness (QED) is 0.244. The molecule has 0 atom stereocenters. The molecule has 4 aromatic carbocycles. The molecule has 0 saturated carbocycles. The van der Waals surface area contributed by atoms with E-state index in [1.54, 1.807) is 0 Å². The van der Waals surface area contributed by atoms with Crippen LogP contribution in [0.25, 0.3) is 42.1 Å². The van der Waals surface area contributed by atoms with Crippen molar-refractivity contribution in [3.63, 3.8) is 0 Å². The molecule has 0 aliphatic carbocycles. The number of fused-ring (bicyclic) bond motifs is 4. The molecule has 5 aromatic rings. The molecule has 4 heteroatoms. The largest absolute Gasteiger partial charge is 0.495 e. The molecule has 1 aliphatic rings. The normalized spacial score (nSPS) is 16.7. The third-order valence-electron chi connectivity index (χ3n) is 7.15. The Morgan fingerprint density at radius 1 is 0.618 bits per heavy atom. The van der Waals surface area contributed by atoms with E-state index in [1.807, 2.05) is 25.2 Å². The van der Waals surface area contributed by atoms with Gasteiger partial charge >= 0.3 is 7.12 Å². The second kappa shape index (κ2) is 8.53. The standard InChI is InChI=1S/C28H25BO2S.C2H6/c1-27(2)28(3,4)31-29(30-27)24-13-8-11-20-19(10-7-12-21(20)24)18-15-16-23-22-9-5-6-14-25(22)32-26(23)17-18;1-2/h5-17H,1-4H3;1-2H3. The van der Waals surface area contributed by atoms with Gasteiger partial charge in [0.15, 0.2) is 0 Å². The molecular formula is C30H31BO2S. The van der Waals surface area contributed by atoms with Crippen LogP contribution in [0.1, 0.15) is 41.5 Å². The first-order valence-corrected chi connectivity index (χ1v) is 12.9. The maximum atomic E-state index is 6.37. The average molecular weight is 466 g/mol. The highest BCUT2D eigenvalue weighted by atomic mass is 32.1. The average Bonchev–Trinajstić information content (AvgIpc) is 3.31. The minimum atomic E-state index is -0.371. The predicted octanol–water partition coefficient (Wildman–Crippen LogP) is 8.20. The van der Waals surface area contributed by atoms with Gasteiger partial charge in [-0.1, -0.05) is 80.6 Å². The summed E-state index contributed by atoms with van der Waals surface area (Å²) in [6.07, 6.45) is 0. The first-order valence-electron chi connectivity index (χ1n) is 12.1. The van der Waals surface area contributed by atoms with Gasteiger partial charge in [-0.05, 0) is 67.2 Å². The Kier molecular flexibility index (Phi) is 5.80. The summed E-state index contributed by atoms with van der Waals surface area (Å²) in [6.45, 7) is 12.4. The zero-order valence-corrected chi connectivity index (χ0v) is 21.6. The summed E-state index contributed by atoms with van der Waals surface area (Å²) in [7, 11) is -0.371. The predicted molar refractivity (Wildman–Crippen MR) is 149 cm³/mol. The topological polar surface area (TPSA) is 18.5 Å². The smallest absolute Gasteiger partial charge is 0.399 e. The second-order valence-corrected chi connectivity index (χ2v) is 10.7. The molecular weight excluding hydrogens is 435 g/mol. The summed E-state index contributed by atoms with van der Waals surface area (Å²) in [5, 5.41) is 5.06. The Hall–Kier alpha value is -2.66. The highest BCUT2D eigenvalue weighted by Gasteiger charge is 2.52. The Morgan fingerprint density at radius 2 is 1.24 bits per heavy atom.